The maximum atomic E-state index is 12.5. The highest BCUT2D eigenvalue weighted by atomic mass is 32.2. The molecule has 0 aliphatic carbocycles. The van der Waals surface area contributed by atoms with E-state index in [-0.39, 0.29) is 5.78 Å². The second-order valence-corrected chi connectivity index (χ2v) is 5.85. The van der Waals surface area contributed by atoms with E-state index in [1.165, 1.54) is 0 Å². The number of rotatable bonds is 4. The Morgan fingerprint density at radius 3 is 2.67 bits per heavy atom. The minimum atomic E-state index is -0.0240. The van der Waals surface area contributed by atoms with Crippen molar-refractivity contribution in [1.29, 1.82) is 0 Å². The van der Waals surface area contributed by atoms with Crippen LogP contribution < -0.4 is 0 Å². The molecule has 0 radical (unpaired) electrons. The number of ketones is 1. The summed E-state index contributed by atoms with van der Waals surface area (Å²) in [6.07, 6.45) is 0. The van der Waals surface area contributed by atoms with Gasteiger partial charge in [0.05, 0.1) is 17.0 Å². The molecule has 2 aromatic heterocycles. The summed E-state index contributed by atoms with van der Waals surface area (Å²) in [5.74, 6) is 0.878. The third-order valence-corrected chi connectivity index (χ3v) is 4.39. The molecule has 0 aliphatic rings. The highest BCUT2D eigenvalue weighted by Gasteiger charge is 2.24. The minimum Gasteiger partial charge on any atom is -0.287 e. The van der Waals surface area contributed by atoms with E-state index in [2.05, 4.69) is 21.6 Å². The third kappa shape index (κ3) is 2.20. The van der Waals surface area contributed by atoms with E-state index in [9.17, 15) is 4.79 Å². The van der Waals surface area contributed by atoms with Crippen molar-refractivity contribution in [3.63, 3.8) is 0 Å². The smallest absolute Gasteiger partial charge is 0.211 e. The Hall–Kier alpha value is -1.21. The average Bonchev–Trinajstić information content (AvgIpc) is 2.84. The summed E-state index contributed by atoms with van der Waals surface area (Å²) < 4.78 is 5.58. The molecule has 0 saturated heterocycles. The number of nitrogens with zero attached hydrogens (tertiary/aromatic N) is 4. The van der Waals surface area contributed by atoms with Crippen molar-refractivity contribution in [2.45, 2.75) is 25.8 Å². The van der Waals surface area contributed by atoms with Crippen LogP contribution in [0.3, 0.4) is 0 Å². The number of carbonyl (C=O) groups excluding carboxylic acids is 1. The number of aryl methyl sites for hydroxylation is 3. The maximum Gasteiger partial charge on any atom is 0.211 e. The van der Waals surface area contributed by atoms with E-state index >= 15 is 0 Å². The maximum absolute atomic E-state index is 12.5. The first-order valence-electron chi connectivity index (χ1n) is 5.56. The Morgan fingerprint density at radius 1 is 1.39 bits per heavy atom. The van der Waals surface area contributed by atoms with Crippen LogP contribution in [0.2, 0.25) is 0 Å². The number of thioether (sulfide) groups is 1. The highest BCUT2D eigenvalue weighted by Crippen LogP contribution is 2.28. The van der Waals surface area contributed by atoms with E-state index in [0.29, 0.717) is 16.1 Å². The molecular formula is C11H14N4OS2. The molecule has 2 aromatic rings. The van der Waals surface area contributed by atoms with Gasteiger partial charge in [-0.15, -0.1) is 16.9 Å². The molecule has 0 aromatic carbocycles. The fraction of sp³-hybridized carbons (Fsp3) is 0.455. The van der Waals surface area contributed by atoms with Gasteiger partial charge in [-0.1, -0.05) is 11.4 Å². The Morgan fingerprint density at radius 2 is 2.11 bits per heavy atom. The van der Waals surface area contributed by atoms with Gasteiger partial charge in [-0.3, -0.25) is 9.48 Å². The number of hydrogen-bond donors (Lipinski definition) is 0. The summed E-state index contributed by atoms with van der Waals surface area (Å²) >= 11 is 2.76. The van der Waals surface area contributed by atoms with E-state index in [1.54, 1.807) is 23.4 Å². The first kappa shape index (κ1) is 13.2. The van der Waals surface area contributed by atoms with Crippen LogP contribution in [0.5, 0.6) is 0 Å². The summed E-state index contributed by atoms with van der Waals surface area (Å²) in [4.78, 5) is 13.1. The van der Waals surface area contributed by atoms with Gasteiger partial charge in [0.2, 0.25) is 5.78 Å². The SMILES string of the molecule is CCSc1c(C(=O)c2snnc2C)c(C)nn1C. The largest absolute Gasteiger partial charge is 0.287 e. The van der Waals surface area contributed by atoms with E-state index in [1.807, 2.05) is 14.0 Å². The molecule has 96 valence electrons. The molecule has 0 N–H and O–H groups in total. The van der Waals surface area contributed by atoms with Crippen LogP contribution in [-0.2, 0) is 7.05 Å². The first-order valence-corrected chi connectivity index (χ1v) is 7.32. The van der Waals surface area contributed by atoms with Crippen LogP contribution >= 0.6 is 23.3 Å². The Balaban J connectivity index is 2.51. The van der Waals surface area contributed by atoms with E-state index in [4.69, 9.17) is 0 Å². The lowest BCUT2D eigenvalue weighted by atomic mass is 10.1. The van der Waals surface area contributed by atoms with Crippen molar-refractivity contribution in [2.75, 3.05) is 5.75 Å². The zero-order chi connectivity index (χ0) is 13.3. The van der Waals surface area contributed by atoms with Gasteiger partial charge < -0.3 is 0 Å². The lowest BCUT2D eigenvalue weighted by Gasteiger charge is -2.03. The van der Waals surface area contributed by atoms with Crippen LogP contribution in [0, 0.1) is 13.8 Å². The van der Waals surface area contributed by atoms with Gasteiger partial charge in [-0.05, 0) is 31.1 Å². The Kier molecular flexibility index (Phi) is 3.82. The molecular weight excluding hydrogens is 268 g/mol. The quantitative estimate of drug-likeness (QED) is 0.635. The predicted octanol–water partition coefficient (Wildman–Crippen LogP) is 2.23. The van der Waals surface area contributed by atoms with Crippen molar-refractivity contribution in [3.05, 3.63) is 21.8 Å². The molecule has 2 rings (SSSR count). The van der Waals surface area contributed by atoms with Gasteiger partial charge in [0.1, 0.15) is 9.90 Å². The average molecular weight is 282 g/mol. The van der Waals surface area contributed by atoms with Gasteiger partial charge in [-0.2, -0.15) is 5.10 Å². The molecule has 18 heavy (non-hydrogen) atoms. The first-order chi connectivity index (χ1) is 8.56. The topological polar surface area (TPSA) is 60.7 Å². The molecule has 5 nitrogen and oxygen atoms in total. The molecule has 0 unspecified atom stereocenters. The summed E-state index contributed by atoms with van der Waals surface area (Å²) in [7, 11) is 1.86. The van der Waals surface area contributed by atoms with Crippen molar-refractivity contribution >= 4 is 29.1 Å². The predicted molar refractivity (Wildman–Crippen MR) is 72.4 cm³/mol. The number of aromatic nitrogens is 4. The second kappa shape index (κ2) is 5.19. The zero-order valence-electron chi connectivity index (χ0n) is 10.7. The van der Waals surface area contributed by atoms with E-state index < -0.39 is 0 Å². The molecule has 2 heterocycles. The Labute approximate surface area is 114 Å². The van der Waals surface area contributed by atoms with Crippen molar-refractivity contribution in [3.8, 4) is 0 Å². The van der Waals surface area contributed by atoms with Crippen LogP contribution in [0.15, 0.2) is 5.03 Å². The molecule has 0 atom stereocenters. The Bertz CT molecular complexity index is 588. The van der Waals surface area contributed by atoms with Gasteiger partial charge in [0.25, 0.3) is 0 Å². The molecule has 7 heteroatoms. The molecule has 0 aliphatic heterocycles. The van der Waals surface area contributed by atoms with Crippen LogP contribution in [0.1, 0.15) is 33.5 Å². The molecule has 0 spiro atoms. The van der Waals surface area contributed by atoms with Gasteiger partial charge in [0.15, 0.2) is 0 Å². The summed E-state index contributed by atoms with van der Waals surface area (Å²) in [5, 5.41) is 9.13. The second-order valence-electron chi connectivity index (χ2n) is 3.84. The molecule has 0 fully saturated rings. The zero-order valence-corrected chi connectivity index (χ0v) is 12.4. The van der Waals surface area contributed by atoms with Gasteiger partial charge in [0, 0.05) is 7.05 Å². The van der Waals surface area contributed by atoms with Crippen LogP contribution in [0.25, 0.3) is 0 Å². The standard InChI is InChI=1S/C11H14N4OS2/c1-5-17-11-8(6(2)13-15(11)4)9(16)10-7(3)12-14-18-10/h5H2,1-4H3. The fourth-order valence-electron chi connectivity index (χ4n) is 1.75. The van der Waals surface area contributed by atoms with Gasteiger partial charge >= 0.3 is 0 Å². The molecule has 0 amide bonds. The third-order valence-electron chi connectivity index (χ3n) is 2.54. The van der Waals surface area contributed by atoms with Gasteiger partial charge in [-0.25, -0.2) is 0 Å². The summed E-state index contributed by atoms with van der Waals surface area (Å²) in [6.45, 7) is 5.71. The number of carbonyl (C=O) groups is 1. The summed E-state index contributed by atoms with van der Waals surface area (Å²) in [5.41, 5.74) is 2.12. The van der Waals surface area contributed by atoms with Crippen molar-refractivity contribution in [2.24, 2.45) is 7.05 Å². The normalized spacial score (nSPS) is 10.9. The number of hydrogen-bond acceptors (Lipinski definition) is 6. The summed E-state index contributed by atoms with van der Waals surface area (Å²) in [6, 6.07) is 0. The molecule has 0 bridgehead atoms. The van der Waals surface area contributed by atoms with Crippen molar-refractivity contribution in [1.82, 2.24) is 19.4 Å². The minimum absolute atomic E-state index is 0.0240. The van der Waals surface area contributed by atoms with Crippen molar-refractivity contribution < 1.29 is 4.79 Å². The highest BCUT2D eigenvalue weighted by molar-refractivity contribution is 7.99. The lowest BCUT2D eigenvalue weighted by molar-refractivity contribution is 0.103. The lowest BCUT2D eigenvalue weighted by Crippen LogP contribution is -2.04. The van der Waals surface area contributed by atoms with E-state index in [0.717, 1.165) is 28.0 Å². The van der Waals surface area contributed by atoms with Crippen LogP contribution in [0.4, 0.5) is 0 Å². The van der Waals surface area contributed by atoms with Crippen LogP contribution in [-0.4, -0.2) is 30.9 Å². The fourth-order valence-corrected chi connectivity index (χ4v) is 3.24. The monoisotopic (exact) mass is 282 g/mol. The molecule has 0 saturated carbocycles.